The Morgan fingerprint density at radius 1 is 1.25 bits per heavy atom. The quantitative estimate of drug-likeness (QED) is 0.774. The number of fused-ring (bicyclic) bond motifs is 1. The van der Waals surface area contributed by atoms with Crippen molar-refractivity contribution < 1.29 is 9.59 Å². The van der Waals surface area contributed by atoms with E-state index in [9.17, 15) is 9.59 Å². The zero-order chi connectivity index (χ0) is 19.5. The summed E-state index contributed by atoms with van der Waals surface area (Å²) in [4.78, 5) is 33.2. The minimum atomic E-state index is -0.0121. The molecule has 2 fully saturated rings. The van der Waals surface area contributed by atoms with Crippen LogP contribution in [0.5, 0.6) is 0 Å². The number of aryl methyl sites for hydroxylation is 1. The highest BCUT2D eigenvalue weighted by atomic mass is 16.2. The maximum atomic E-state index is 12.6. The molecular formula is C21H29N5O2. The molecule has 0 bridgehead atoms. The van der Waals surface area contributed by atoms with Crippen molar-refractivity contribution in [3.63, 3.8) is 0 Å². The van der Waals surface area contributed by atoms with Crippen LogP contribution in [-0.2, 0) is 16.6 Å². The Morgan fingerprint density at radius 2 is 2.11 bits per heavy atom. The molecule has 0 saturated carbocycles. The molecule has 1 atom stereocenters. The van der Waals surface area contributed by atoms with Gasteiger partial charge in [-0.25, -0.2) is 4.98 Å². The lowest BCUT2D eigenvalue weighted by Crippen LogP contribution is -2.44. The van der Waals surface area contributed by atoms with Gasteiger partial charge in [0.25, 0.3) is 0 Å². The third kappa shape index (κ3) is 3.84. The fourth-order valence-electron chi connectivity index (χ4n) is 4.35. The van der Waals surface area contributed by atoms with E-state index in [0.717, 1.165) is 62.3 Å². The summed E-state index contributed by atoms with van der Waals surface area (Å²) >= 11 is 0. The van der Waals surface area contributed by atoms with E-state index < -0.39 is 0 Å². The number of para-hydroxylation sites is 2. The number of piperidine rings is 1. The van der Waals surface area contributed by atoms with Gasteiger partial charge in [0.05, 0.1) is 17.0 Å². The van der Waals surface area contributed by atoms with Crippen LogP contribution < -0.4 is 10.2 Å². The van der Waals surface area contributed by atoms with E-state index >= 15 is 0 Å². The molecular weight excluding hydrogens is 354 g/mol. The van der Waals surface area contributed by atoms with Gasteiger partial charge in [-0.2, -0.15) is 0 Å². The molecule has 2 amide bonds. The molecule has 2 aromatic rings. The van der Waals surface area contributed by atoms with Crippen LogP contribution in [0.2, 0.25) is 0 Å². The molecule has 0 aliphatic carbocycles. The van der Waals surface area contributed by atoms with Gasteiger partial charge in [0.2, 0.25) is 17.8 Å². The van der Waals surface area contributed by atoms with Crippen molar-refractivity contribution in [1.82, 2.24) is 19.8 Å². The highest BCUT2D eigenvalue weighted by Gasteiger charge is 2.28. The van der Waals surface area contributed by atoms with Crippen molar-refractivity contribution in [2.75, 3.05) is 37.6 Å². The fraction of sp³-hybridized carbons (Fsp3) is 0.571. The Balaban J connectivity index is 1.31. The summed E-state index contributed by atoms with van der Waals surface area (Å²) in [5, 5.41) is 3.07. The number of carbonyl (C=O) groups excluding carboxylic acids is 2. The second kappa shape index (κ2) is 8.20. The van der Waals surface area contributed by atoms with Gasteiger partial charge < -0.3 is 19.7 Å². The molecule has 7 nitrogen and oxygen atoms in total. The minimum absolute atomic E-state index is 0.0121. The van der Waals surface area contributed by atoms with Gasteiger partial charge >= 0.3 is 0 Å². The average molecular weight is 383 g/mol. The van der Waals surface area contributed by atoms with Crippen LogP contribution in [0, 0.1) is 5.92 Å². The molecule has 0 spiro atoms. The molecule has 150 valence electrons. The number of carbonyl (C=O) groups is 2. The summed E-state index contributed by atoms with van der Waals surface area (Å²) in [6.45, 7) is 3.87. The molecule has 7 heteroatoms. The van der Waals surface area contributed by atoms with Gasteiger partial charge in [-0.05, 0) is 37.8 Å². The summed E-state index contributed by atoms with van der Waals surface area (Å²) in [5.74, 6) is 1.29. The van der Waals surface area contributed by atoms with E-state index in [1.54, 1.807) is 0 Å². The SMILES string of the molecule is Cn1c(N2CCCC(C(=O)NCCCN3CCCC3=O)C2)nc2ccccc21. The highest BCUT2D eigenvalue weighted by molar-refractivity contribution is 5.81. The molecule has 1 unspecified atom stereocenters. The lowest BCUT2D eigenvalue weighted by atomic mass is 9.97. The number of nitrogens with zero attached hydrogens (tertiary/aromatic N) is 4. The monoisotopic (exact) mass is 383 g/mol. The molecule has 2 aliphatic heterocycles. The molecule has 0 radical (unpaired) electrons. The number of aromatic nitrogens is 2. The molecule has 4 rings (SSSR count). The van der Waals surface area contributed by atoms with Crippen LogP contribution in [-0.4, -0.2) is 59.0 Å². The number of anilines is 1. The molecule has 2 aliphatic rings. The fourth-order valence-corrected chi connectivity index (χ4v) is 4.35. The second-order valence-corrected chi connectivity index (χ2v) is 7.87. The van der Waals surface area contributed by atoms with Gasteiger partial charge in [-0.15, -0.1) is 0 Å². The predicted octanol–water partition coefficient (Wildman–Crippen LogP) is 1.92. The summed E-state index contributed by atoms with van der Waals surface area (Å²) in [6.07, 6.45) is 4.36. The van der Waals surface area contributed by atoms with Gasteiger partial charge in [0.1, 0.15) is 0 Å². The van der Waals surface area contributed by atoms with Crippen LogP contribution >= 0.6 is 0 Å². The number of rotatable bonds is 6. The molecule has 1 N–H and O–H groups in total. The summed E-state index contributed by atoms with van der Waals surface area (Å²) in [6, 6.07) is 8.13. The topological polar surface area (TPSA) is 70.5 Å². The molecule has 3 heterocycles. The number of nitrogens with one attached hydrogen (secondary N) is 1. The van der Waals surface area contributed by atoms with Gasteiger partial charge in [-0.1, -0.05) is 12.1 Å². The largest absolute Gasteiger partial charge is 0.356 e. The van der Waals surface area contributed by atoms with Crippen LogP contribution in [0.15, 0.2) is 24.3 Å². The van der Waals surface area contributed by atoms with E-state index in [0.29, 0.717) is 19.5 Å². The Labute approximate surface area is 165 Å². The first kappa shape index (κ1) is 18.8. The smallest absolute Gasteiger partial charge is 0.224 e. The van der Waals surface area contributed by atoms with Crippen molar-refractivity contribution in [3.05, 3.63) is 24.3 Å². The second-order valence-electron chi connectivity index (χ2n) is 7.87. The Kier molecular flexibility index (Phi) is 5.50. The van der Waals surface area contributed by atoms with E-state index in [2.05, 4.69) is 20.9 Å². The van der Waals surface area contributed by atoms with Crippen molar-refractivity contribution >= 4 is 28.8 Å². The molecule has 28 heavy (non-hydrogen) atoms. The molecule has 2 saturated heterocycles. The maximum absolute atomic E-state index is 12.6. The van der Waals surface area contributed by atoms with Crippen LogP contribution in [0.1, 0.15) is 32.1 Å². The number of hydrogen-bond donors (Lipinski definition) is 1. The normalized spacial score (nSPS) is 20.2. The third-order valence-corrected chi connectivity index (χ3v) is 5.91. The van der Waals surface area contributed by atoms with E-state index in [1.807, 2.05) is 30.1 Å². The minimum Gasteiger partial charge on any atom is -0.356 e. The zero-order valence-electron chi connectivity index (χ0n) is 16.6. The van der Waals surface area contributed by atoms with Crippen molar-refractivity contribution in [2.24, 2.45) is 13.0 Å². The number of benzene rings is 1. The van der Waals surface area contributed by atoms with Crippen molar-refractivity contribution in [2.45, 2.75) is 32.1 Å². The van der Waals surface area contributed by atoms with Gasteiger partial charge in [-0.3, -0.25) is 9.59 Å². The number of imidazole rings is 1. The first-order valence-electron chi connectivity index (χ1n) is 10.4. The first-order valence-corrected chi connectivity index (χ1v) is 10.4. The maximum Gasteiger partial charge on any atom is 0.224 e. The molecule has 1 aromatic carbocycles. The average Bonchev–Trinajstić information content (AvgIpc) is 3.28. The van der Waals surface area contributed by atoms with Crippen LogP contribution in [0.3, 0.4) is 0 Å². The summed E-state index contributed by atoms with van der Waals surface area (Å²) < 4.78 is 2.11. The first-order chi connectivity index (χ1) is 13.6. The van der Waals surface area contributed by atoms with Gasteiger partial charge in [0, 0.05) is 46.2 Å². The Hall–Kier alpha value is -2.57. The number of hydrogen-bond acceptors (Lipinski definition) is 4. The van der Waals surface area contributed by atoms with Gasteiger partial charge in [0.15, 0.2) is 0 Å². The van der Waals surface area contributed by atoms with E-state index in [-0.39, 0.29) is 17.7 Å². The van der Waals surface area contributed by atoms with Crippen LogP contribution in [0.25, 0.3) is 11.0 Å². The summed E-state index contributed by atoms with van der Waals surface area (Å²) in [5.41, 5.74) is 2.10. The van der Waals surface area contributed by atoms with E-state index in [4.69, 9.17) is 4.98 Å². The lowest BCUT2D eigenvalue weighted by molar-refractivity contribution is -0.127. The highest BCUT2D eigenvalue weighted by Crippen LogP contribution is 2.26. The van der Waals surface area contributed by atoms with Crippen molar-refractivity contribution in [3.8, 4) is 0 Å². The number of amides is 2. The van der Waals surface area contributed by atoms with Crippen molar-refractivity contribution in [1.29, 1.82) is 0 Å². The predicted molar refractivity (Wildman–Crippen MR) is 109 cm³/mol. The van der Waals surface area contributed by atoms with E-state index in [1.165, 1.54) is 0 Å². The third-order valence-electron chi connectivity index (χ3n) is 5.91. The zero-order valence-corrected chi connectivity index (χ0v) is 16.6. The molecule has 1 aromatic heterocycles. The number of likely N-dealkylation sites (tertiary alicyclic amines) is 1. The Morgan fingerprint density at radius 3 is 2.89 bits per heavy atom. The summed E-state index contributed by atoms with van der Waals surface area (Å²) in [7, 11) is 2.04. The van der Waals surface area contributed by atoms with Crippen LogP contribution in [0.4, 0.5) is 5.95 Å². The Bertz CT molecular complexity index is 862. The standard InChI is InChI=1S/C21H29N5O2/c1-24-18-9-3-2-8-17(18)23-21(24)26-13-4-7-16(15-26)20(28)22-11-6-14-25-12-5-10-19(25)27/h2-3,8-9,16H,4-7,10-15H2,1H3,(H,22,28). The lowest BCUT2D eigenvalue weighted by Gasteiger charge is -2.32.